The van der Waals surface area contributed by atoms with Crippen molar-refractivity contribution >= 4 is 17.7 Å². The molecule has 1 atom stereocenters. The number of rotatable bonds is 8. The average molecular weight is 362 g/mol. The minimum absolute atomic E-state index is 0.0106. The van der Waals surface area contributed by atoms with Crippen molar-refractivity contribution in [3.63, 3.8) is 0 Å². The van der Waals surface area contributed by atoms with Gasteiger partial charge in [0.2, 0.25) is 11.1 Å². The molecule has 136 valence electrons. The molecule has 1 N–H and O–H groups in total. The van der Waals surface area contributed by atoms with E-state index in [0.717, 1.165) is 24.1 Å². The summed E-state index contributed by atoms with van der Waals surface area (Å²) >= 11 is 1.35. The monoisotopic (exact) mass is 361 g/mol. The molecule has 7 heteroatoms. The van der Waals surface area contributed by atoms with Crippen LogP contribution in [0.15, 0.2) is 23.4 Å². The van der Waals surface area contributed by atoms with Crippen LogP contribution in [0.4, 0.5) is 0 Å². The highest BCUT2D eigenvalue weighted by molar-refractivity contribution is 7.99. The topological polar surface area (TPSA) is 72.7 Å². The largest absolute Gasteiger partial charge is 0.353 e. The summed E-state index contributed by atoms with van der Waals surface area (Å²) < 4.78 is 1.69. The summed E-state index contributed by atoms with van der Waals surface area (Å²) in [5.41, 5.74) is 3.23. The summed E-state index contributed by atoms with van der Waals surface area (Å²) in [4.78, 5) is 12.1. The number of thioether (sulfide) groups is 1. The maximum atomic E-state index is 12.1. The molecule has 1 aromatic carbocycles. The summed E-state index contributed by atoms with van der Waals surface area (Å²) in [5, 5.41) is 15.5. The Balaban J connectivity index is 1.94. The number of nitrogens with one attached hydrogen (secondary N) is 1. The zero-order valence-corrected chi connectivity index (χ0v) is 16.4. The highest BCUT2D eigenvalue weighted by Crippen LogP contribution is 2.21. The summed E-state index contributed by atoms with van der Waals surface area (Å²) in [5.74, 6) is 0.963. The van der Waals surface area contributed by atoms with Gasteiger partial charge in [0, 0.05) is 6.04 Å². The molecule has 0 saturated carbocycles. The van der Waals surface area contributed by atoms with Gasteiger partial charge >= 0.3 is 0 Å². The number of amides is 1. The van der Waals surface area contributed by atoms with E-state index in [1.165, 1.54) is 17.3 Å². The molecule has 2 rings (SSSR count). The number of carbonyl (C=O) groups excluding carboxylic acids is 1. The lowest BCUT2D eigenvalue weighted by molar-refractivity contribution is -0.119. The van der Waals surface area contributed by atoms with Gasteiger partial charge in [-0.2, -0.15) is 4.68 Å². The van der Waals surface area contributed by atoms with Crippen LogP contribution in [-0.2, 0) is 4.79 Å². The quantitative estimate of drug-likeness (QED) is 0.730. The van der Waals surface area contributed by atoms with Crippen LogP contribution >= 0.6 is 11.8 Å². The number of hydrogen-bond donors (Lipinski definition) is 1. The number of aromatic nitrogens is 4. The van der Waals surface area contributed by atoms with Crippen LogP contribution in [0, 0.1) is 19.8 Å². The van der Waals surface area contributed by atoms with Gasteiger partial charge in [-0.3, -0.25) is 4.79 Å². The molecule has 1 aromatic heterocycles. The van der Waals surface area contributed by atoms with Crippen molar-refractivity contribution in [2.45, 2.75) is 58.7 Å². The highest BCUT2D eigenvalue weighted by Gasteiger charge is 2.14. The van der Waals surface area contributed by atoms with E-state index in [9.17, 15) is 4.79 Å². The summed E-state index contributed by atoms with van der Waals surface area (Å²) in [6.45, 7) is 10.5. The summed E-state index contributed by atoms with van der Waals surface area (Å²) in [6, 6.07) is 6.31. The molecular weight excluding hydrogens is 334 g/mol. The molecule has 2 aromatic rings. The smallest absolute Gasteiger partial charge is 0.230 e. The summed E-state index contributed by atoms with van der Waals surface area (Å²) in [7, 11) is 0. The maximum absolute atomic E-state index is 12.1. The standard InChI is InChI=1S/C18H27N5OS/c1-12(2)6-8-15(5)19-17(24)11-25-18-20-21-22-23(18)16-9-7-13(3)10-14(16)4/h7,9-10,12,15H,6,8,11H2,1-5H3,(H,19,24)/t15-/m0/s1. The predicted molar refractivity (Wildman–Crippen MR) is 101 cm³/mol. The van der Waals surface area contributed by atoms with Gasteiger partial charge in [0.1, 0.15) is 0 Å². The van der Waals surface area contributed by atoms with Crippen LogP contribution < -0.4 is 5.32 Å². The van der Waals surface area contributed by atoms with E-state index in [1.807, 2.05) is 26.0 Å². The molecule has 0 saturated heterocycles. The number of nitrogens with zero attached hydrogens (tertiary/aromatic N) is 4. The normalized spacial score (nSPS) is 12.4. The Bertz CT molecular complexity index is 713. The molecule has 0 bridgehead atoms. The van der Waals surface area contributed by atoms with Crippen LogP contribution in [0.25, 0.3) is 5.69 Å². The van der Waals surface area contributed by atoms with Gasteiger partial charge in [0.05, 0.1) is 11.4 Å². The lowest BCUT2D eigenvalue weighted by atomic mass is 10.0. The van der Waals surface area contributed by atoms with Crippen LogP contribution in [-0.4, -0.2) is 37.9 Å². The second-order valence-corrected chi connectivity index (χ2v) is 7.83. The first kappa shape index (κ1) is 19.4. The Labute approximate surface area is 153 Å². The van der Waals surface area contributed by atoms with E-state index in [-0.39, 0.29) is 11.9 Å². The number of benzene rings is 1. The van der Waals surface area contributed by atoms with Gasteiger partial charge < -0.3 is 5.32 Å². The maximum Gasteiger partial charge on any atom is 0.230 e. The predicted octanol–water partition coefficient (Wildman–Crippen LogP) is 3.31. The van der Waals surface area contributed by atoms with E-state index >= 15 is 0 Å². The molecule has 0 aliphatic heterocycles. The first-order valence-corrected chi connectivity index (χ1v) is 9.63. The second kappa shape index (κ2) is 8.99. The minimum atomic E-state index is 0.0106. The van der Waals surface area contributed by atoms with E-state index in [1.54, 1.807) is 4.68 Å². The van der Waals surface area contributed by atoms with Crippen molar-refractivity contribution in [3.05, 3.63) is 29.3 Å². The third-order valence-corrected chi connectivity index (χ3v) is 4.86. The lowest BCUT2D eigenvalue weighted by Crippen LogP contribution is -2.34. The number of hydrogen-bond acceptors (Lipinski definition) is 5. The average Bonchev–Trinajstić information content (AvgIpc) is 2.99. The van der Waals surface area contributed by atoms with E-state index in [4.69, 9.17) is 0 Å². The molecule has 0 fully saturated rings. The Morgan fingerprint density at radius 1 is 1.24 bits per heavy atom. The van der Waals surface area contributed by atoms with Gasteiger partial charge in [0.15, 0.2) is 0 Å². The van der Waals surface area contributed by atoms with Crippen molar-refractivity contribution in [1.29, 1.82) is 0 Å². The van der Waals surface area contributed by atoms with Gasteiger partial charge in [-0.25, -0.2) is 0 Å². The first-order valence-electron chi connectivity index (χ1n) is 8.65. The SMILES string of the molecule is Cc1ccc(-n2nnnc2SCC(=O)N[C@@H](C)CCC(C)C)c(C)c1. The fourth-order valence-electron chi connectivity index (χ4n) is 2.57. The summed E-state index contributed by atoms with van der Waals surface area (Å²) in [6.07, 6.45) is 2.11. The Hall–Kier alpha value is -1.89. The van der Waals surface area contributed by atoms with Gasteiger partial charge in [0.25, 0.3) is 0 Å². The third-order valence-electron chi connectivity index (χ3n) is 3.94. The Morgan fingerprint density at radius 2 is 2.00 bits per heavy atom. The van der Waals surface area contributed by atoms with Crippen LogP contribution in [0.1, 0.15) is 44.7 Å². The molecule has 1 heterocycles. The molecule has 25 heavy (non-hydrogen) atoms. The van der Waals surface area contributed by atoms with Gasteiger partial charge in [-0.05, 0) is 61.6 Å². The van der Waals surface area contributed by atoms with Crippen molar-refractivity contribution in [1.82, 2.24) is 25.5 Å². The van der Waals surface area contributed by atoms with Crippen molar-refractivity contribution < 1.29 is 4.79 Å². The van der Waals surface area contributed by atoms with E-state index < -0.39 is 0 Å². The van der Waals surface area contributed by atoms with E-state index in [2.05, 4.69) is 47.7 Å². The zero-order chi connectivity index (χ0) is 18.4. The van der Waals surface area contributed by atoms with Crippen LogP contribution in [0.2, 0.25) is 0 Å². The molecule has 0 aliphatic carbocycles. The van der Waals surface area contributed by atoms with Crippen molar-refractivity contribution in [2.24, 2.45) is 5.92 Å². The molecule has 6 nitrogen and oxygen atoms in total. The van der Waals surface area contributed by atoms with Crippen molar-refractivity contribution in [3.8, 4) is 5.69 Å². The second-order valence-electron chi connectivity index (χ2n) is 6.89. The molecule has 0 aliphatic rings. The number of aryl methyl sites for hydroxylation is 2. The number of carbonyl (C=O) groups is 1. The molecule has 1 amide bonds. The van der Waals surface area contributed by atoms with Crippen LogP contribution in [0.3, 0.4) is 0 Å². The van der Waals surface area contributed by atoms with Crippen molar-refractivity contribution in [2.75, 3.05) is 5.75 Å². The fraction of sp³-hybridized carbons (Fsp3) is 0.556. The molecule has 0 spiro atoms. The highest BCUT2D eigenvalue weighted by atomic mass is 32.2. The number of tetrazole rings is 1. The van der Waals surface area contributed by atoms with Crippen LogP contribution in [0.5, 0.6) is 0 Å². The Morgan fingerprint density at radius 3 is 2.68 bits per heavy atom. The minimum Gasteiger partial charge on any atom is -0.353 e. The first-order chi connectivity index (χ1) is 11.9. The Kier molecular flexibility index (Phi) is 6.99. The molecule has 0 unspecified atom stereocenters. The fourth-order valence-corrected chi connectivity index (χ4v) is 3.26. The van der Waals surface area contributed by atoms with Gasteiger partial charge in [-0.1, -0.05) is 43.3 Å². The molecular formula is C18H27N5OS. The zero-order valence-electron chi connectivity index (χ0n) is 15.6. The van der Waals surface area contributed by atoms with E-state index in [0.29, 0.717) is 16.8 Å². The third kappa shape index (κ3) is 5.85. The van der Waals surface area contributed by atoms with Gasteiger partial charge in [-0.15, -0.1) is 5.10 Å². The lowest BCUT2D eigenvalue weighted by Gasteiger charge is -2.15. The molecule has 0 radical (unpaired) electrons.